The predicted octanol–water partition coefficient (Wildman–Crippen LogP) is 3.91. The Balaban J connectivity index is 1.60. The summed E-state index contributed by atoms with van der Waals surface area (Å²) in [5, 5.41) is 6.85. The number of anilines is 1. The highest BCUT2D eigenvalue weighted by molar-refractivity contribution is 7.98. The van der Waals surface area contributed by atoms with Crippen LogP contribution in [0.2, 0.25) is 0 Å². The lowest BCUT2D eigenvalue weighted by molar-refractivity contribution is -0.119. The van der Waals surface area contributed by atoms with Crippen molar-refractivity contribution in [3.05, 3.63) is 71.0 Å². The molecule has 0 aliphatic heterocycles. The first-order valence-electron chi connectivity index (χ1n) is 8.66. The maximum Gasteiger partial charge on any atom is 0.341 e. The van der Waals surface area contributed by atoms with E-state index in [1.54, 1.807) is 18.3 Å². The van der Waals surface area contributed by atoms with Crippen LogP contribution in [0, 0.1) is 19.7 Å². The molecule has 150 valence electrons. The fourth-order valence-corrected chi connectivity index (χ4v) is 3.62. The van der Waals surface area contributed by atoms with E-state index in [4.69, 9.17) is 9.26 Å². The van der Waals surface area contributed by atoms with E-state index < -0.39 is 24.3 Å². The van der Waals surface area contributed by atoms with Crippen LogP contribution in [0.25, 0.3) is 0 Å². The zero-order valence-corrected chi connectivity index (χ0v) is 16.6. The van der Waals surface area contributed by atoms with Crippen molar-refractivity contribution in [1.82, 2.24) is 10.1 Å². The van der Waals surface area contributed by atoms with Gasteiger partial charge in [-0.3, -0.25) is 4.79 Å². The molecular weight excluding hydrogens is 397 g/mol. The molecule has 0 atom stereocenters. The summed E-state index contributed by atoms with van der Waals surface area (Å²) in [4.78, 5) is 28.6. The van der Waals surface area contributed by atoms with Crippen molar-refractivity contribution in [2.24, 2.45) is 0 Å². The third-order valence-corrected chi connectivity index (χ3v) is 5.00. The van der Waals surface area contributed by atoms with Gasteiger partial charge >= 0.3 is 5.97 Å². The van der Waals surface area contributed by atoms with Crippen LogP contribution in [0.3, 0.4) is 0 Å². The number of amides is 1. The van der Waals surface area contributed by atoms with Crippen LogP contribution < -0.4 is 5.32 Å². The van der Waals surface area contributed by atoms with Crippen molar-refractivity contribution in [3.63, 3.8) is 0 Å². The number of thioether (sulfide) groups is 1. The van der Waals surface area contributed by atoms with Crippen LogP contribution in [0.15, 0.2) is 52.1 Å². The molecule has 9 heteroatoms. The number of aryl methyl sites for hydroxylation is 2. The zero-order valence-electron chi connectivity index (χ0n) is 15.8. The second-order valence-electron chi connectivity index (χ2n) is 6.08. The van der Waals surface area contributed by atoms with Gasteiger partial charge in [-0.05, 0) is 44.2 Å². The highest BCUT2D eigenvalue weighted by Gasteiger charge is 2.17. The van der Waals surface area contributed by atoms with Gasteiger partial charge in [-0.15, -0.1) is 11.8 Å². The molecule has 0 unspecified atom stereocenters. The van der Waals surface area contributed by atoms with Crippen LogP contribution in [0.4, 0.5) is 10.1 Å². The Morgan fingerprint density at radius 3 is 2.79 bits per heavy atom. The van der Waals surface area contributed by atoms with E-state index in [2.05, 4.69) is 15.5 Å². The molecule has 1 aromatic carbocycles. The lowest BCUT2D eigenvalue weighted by Gasteiger charge is -2.09. The van der Waals surface area contributed by atoms with E-state index in [-0.39, 0.29) is 11.3 Å². The summed E-state index contributed by atoms with van der Waals surface area (Å²) in [6, 6.07) is 8.63. The Morgan fingerprint density at radius 2 is 2.07 bits per heavy atom. The highest BCUT2D eigenvalue weighted by Crippen LogP contribution is 2.27. The SMILES string of the molecule is Cc1noc(C)c1CSc1ncccc1C(=O)OCC(=O)Nc1cccc(F)c1. The number of carbonyl (C=O) groups is 2. The zero-order chi connectivity index (χ0) is 20.8. The Hall–Kier alpha value is -3.20. The van der Waals surface area contributed by atoms with Gasteiger partial charge in [-0.2, -0.15) is 0 Å². The molecule has 2 heterocycles. The summed E-state index contributed by atoms with van der Waals surface area (Å²) in [6.45, 7) is 3.16. The van der Waals surface area contributed by atoms with Gasteiger partial charge in [-0.1, -0.05) is 11.2 Å². The van der Waals surface area contributed by atoms with E-state index in [1.165, 1.54) is 36.0 Å². The topological polar surface area (TPSA) is 94.3 Å². The van der Waals surface area contributed by atoms with E-state index in [0.717, 1.165) is 11.3 Å². The van der Waals surface area contributed by atoms with Gasteiger partial charge in [-0.25, -0.2) is 14.2 Å². The van der Waals surface area contributed by atoms with Crippen LogP contribution in [-0.2, 0) is 15.3 Å². The monoisotopic (exact) mass is 415 g/mol. The van der Waals surface area contributed by atoms with Gasteiger partial charge in [0.2, 0.25) is 0 Å². The van der Waals surface area contributed by atoms with Crippen LogP contribution in [-0.4, -0.2) is 28.6 Å². The summed E-state index contributed by atoms with van der Waals surface area (Å²) in [5.41, 5.74) is 2.25. The lowest BCUT2D eigenvalue weighted by atomic mass is 10.2. The minimum absolute atomic E-state index is 0.253. The van der Waals surface area contributed by atoms with Gasteiger partial charge in [0.1, 0.15) is 16.6 Å². The number of hydrogen-bond acceptors (Lipinski definition) is 7. The van der Waals surface area contributed by atoms with Gasteiger partial charge in [0.15, 0.2) is 6.61 Å². The normalized spacial score (nSPS) is 10.6. The van der Waals surface area contributed by atoms with Gasteiger partial charge in [0, 0.05) is 23.2 Å². The van der Waals surface area contributed by atoms with Crippen molar-refractivity contribution in [3.8, 4) is 0 Å². The third kappa shape index (κ3) is 5.41. The molecule has 0 bridgehead atoms. The van der Waals surface area contributed by atoms with Gasteiger partial charge in [0.25, 0.3) is 5.91 Å². The molecule has 0 spiro atoms. The minimum Gasteiger partial charge on any atom is -0.452 e. The Labute approximate surface area is 170 Å². The average Bonchev–Trinajstić information content (AvgIpc) is 3.02. The number of ether oxygens (including phenoxy) is 1. The highest BCUT2D eigenvalue weighted by atomic mass is 32.2. The molecule has 1 N–H and O–H groups in total. The van der Waals surface area contributed by atoms with Crippen molar-refractivity contribution < 1.29 is 23.2 Å². The smallest absolute Gasteiger partial charge is 0.341 e. The first-order valence-corrected chi connectivity index (χ1v) is 9.64. The summed E-state index contributed by atoms with van der Waals surface area (Å²) in [7, 11) is 0. The van der Waals surface area contributed by atoms with E-state index in [0.29, 0.717) is 16.5 Å². The fourth-order valence-electron chi connectivity index (χ4n) is 2.48. The molecule has 0 aliphatic rings. The summed E-state index contributed by atoms with van der Waals surface area (Å²) < 4.78 is 23.4. The van der Waals surface area contributed by atoms with Crippen LogP contribution in [0.5, 0.6) is 0 Å². The van der Waals surface area contributed by atoms with Crippen molar-refractivity contribution in [2.75, 3.05) is 11.9 Å². The number of nitrogens with one attached hydrogen (secondary N) is 1. The van der Waals surface area contributed by atoms with Crippen molar-refractivity contribution in [1.29, 1.82) is 0 Å². The molecule has 0 saturated heterocycles. The van der Waals surface area contributed by atoms with Gasteiger partial charge < -0.3 is 14.6 Å². The number of halogens is 1. The minimum atomic E-state index is -0.672. The van der Waals surface area contributed by atoms with E-state index in [1.807, 2.05) is 13.8 Å². The number of carbonyl (C=O) groups excluding carboxylic acids is 2. The standard InChI is InChI=1S/C20H18FN3O4S/c1-12-17(13(2)28-24-12)11-29-19-16(7-4-8-22-19)20(26)27-10-18(25)23-15-6-3-5-14(21)9-15/h3-9H,10-11H2,1-2H3,(H,23,25). The van der Waals surface area contributed by atoms with Crippen LogP contribution >= 0.6 is 11.8 Å². The quantitative estimate of drug-likeness (QED) is 0.462. The van der Waals surface area contributed by atoms with Gasteiger partial charge in [0.05, 0.1) is 11.3 Å². The van der Waals surface area contributed by atoms with E-state index >= 15 is 0 Å². The molecule has 0 fully saturated rings. The molecule has 0 radical (unpaired) electrons. The van der Waals surface area contributed by atoms with E-state index in [9.17, 15) is 14.0 Å². The second-order valence-corrected chi connectivity index (χ2v) is 7.05. The fraction of sp³-hybridized carbons (Fsp3) is 0.200. The molecule has 1 amide bonds. The summed E-state index contributed by atoms with van der Waals surface area (Å²) in [6.07, 6.45) is 1.57. The average molecular weight is 415 g/mol. The number of nitrogens with zero attached hydrogens (tertiary/aromatic N) is 2. The predicted molar refractivity (Wildman–Crippen MR) is 105 cm³/mol. The lowest BCUT2D eigenvalue weighted by Crippen LogP contribution is -2.21. The number of aromatic nitrogens is 2. The van der Waals surface area contributed by atoms with Crippen LogP contribution in [0.1, 0.15) is 27.4 Å². The Morgan fingerprint density at radius 1 is 1.24 bits per heavy atom. The number of pyridine rings is 1. The number of esters is 1. The summed E-state index contributed by atoms with van der Waals surface area (Å²) in [5.74, 6) is -0.482. The molecule has 3 aromatic rings. The van der Waals surface area contributed by atoms with Crippen molar-refractivity contribution >= 4 is 29.3 Å². The number of benzene rings is 1. The molecule has 2 aromatic heterocycles. The Bertz CT molecular complexity index is 1020. The molecule has 29 heavy (non-hydrogen) atoms. The Kier molecular flexibility index (Phi) is 6.61. The third-order valence-electron chi connectivity index (χ3n) is 3.97. The maximum atomic E-state index is 13.2. The number of rotatable bonds is 7. The molecule has 0 aliphatic carbocycles. The van der Waals surface area contributed by atoms with Crippen molar-refractivity contribution in [2.45, 2.75) is 24.6 Å². The first-order chi connectivity index (χ1) is 13.9. The molecule has 0 saturated carbocycles. The maximum absolute atomic E-state index is 13.2. The summed E-state index contributed by atoms with van der Waals surface area (Å²) >= 11 is 1.35. The second kappa shape index (κ2) is 9.33. The number of hydrogen-bond donors (Lipinski definition) is 1. The molecule has 3 rings (SSSR count). The largest absolute Gasteiger partial charge is 0.452 e. The molecular formula is C20H18FN3O4S. The molecule has 7 nitrogen and oxygen atoms in total. The first kappa shape index (κ1) is 20.5.